The van der Waals surface area contributed by atoms with Crippen molar-refractivity contribution in [1.82, 2.24) is 0 Å². The maximum atomic E-state index is 10.3. The van der Waals surface area contributed by atoms with E-state index in [2.05, 4.69) is 0 Å². The first-order valence-electron chi connectivity index (χ1n) is 5.63. The molecule has 1 aliphatic heterocycles. The normalized spacial score (nSPS) is 18.4. The number of hydrogen-bond donors (Lipinski definition) is 1. The molecule has 2 aromatic rings. The Bertz CT molecular complexity index is 527. The van der Waals surface area contributed by atoms with Gasteiger partial charge in [-0.3, -0.25) is 4.90 Å². The van der Waals surface area contributed by atoms with Crippen LogP contribution >= 0.6 is 0 Å². The Balaban J connectivity index is 2.13. The number of para-hydroxylation sites is 3. The van der Waals surface area contributed by atoms with Crippen molar-refractivity contribution in [3.05, 3.63) is 54.6 Å². The zero-order valence-electron chi connectivity index (χ0n) is 9.62. The smallest absolute Gasteiger partial charge is 0.212 e. The fourth-order valence-electron chi connectivity index (χ4n) is 2.25. The first kappa shape index (κ1) is 10.2. The second kappa shape index (κ2) is 3.79. The quantitative estimate of drug-likeness (QED) is 0.809. The predicted molar refractivity (Wildman–Crippen MR) is 69.4 cm³/mol. The van der Waals surface area contributed by atoms with Gasteiger partial charge in [-0.1, -0.05) is 30.3 Å². The molecule has 1 atom stereocenters. The maximum Gasteiger partial charge on any atom is 0.212 e. The van der Waals surface area contributed by atoms with Crippen LogP contribution in [0.3, 0.4) is 0 Å². The number of benzene rings is 2. The average Bonchev–Trinajstić information content (AvgIpc) is 2.64. The summed E-state index contributed by atoms with van der Waals surface area (Å²) in [6, 6.07) is 17.9. The molecule has 0 fully saturated rings. The summed E-state index contributed by atoms with van der Waals surface area (Å²) >= 11 is 0. The Hall–Kier alpha value is -2.00. The zero-order valence-corrected chi connectivity index (χ0v) is 9.62. The molecule has 2 aromatic carbocycles. The second-order valence-electron chi connectivity index (χ2n) is 4.15. The summed E-state index contributed by atoms with van der Waals surface area (Å²) in [5, 5.41) is 10.3. The number of fused-ring (bicyclic) bond motifs is 1. The minimum Gasteiger partial charge on any atom is -0.356 e. The van der Waals surface area contributed by atoms with Crippen molar-refractivity contribution < 1.29 is 5.11 Å². The number of nitrogens with zero attached hydrogens (tertiary/aromatic N) is 2. The molecule has 3 nitrogen and oxygen atoms in total. The van der Waals surface area contributed by atoms with E-state index in [1.165, 1.54) is 0 Å². The highest BCUT2D eigenvalue weighted by molar-refractivity contribution is 5.82. The van der Waals surface area contributed by atoms with E-state index in [1.807, 2.05) is 71.4 Å². The van der Waals surface area contributed by atoms with Gasteiger partial charge in [0.2, 0.25) is 6.35 Å². The van der Waals surface area contributed by atoms with Crippen LogP contribution in [0, 0.1) is 0 Å². The van der Waals surface area contributed by atoms with Crippen LogP contribution in [0.1, 0.15) is 0 Å². The SMILES string of the molecule is CN1c2ccccc2N(c2ccccc2)[C@@H]1O. The third-order valence-corrected chi connectivity index (χ3v) is 3.13. The molecule has 0 saturated carbocycles. The number of hydrogen-bond acceptors (Lipinski definition) is 3. The molecule has 1 aliphatic rings. The van der Waals surface area contributed by atoms with E-state index in [-0.39, 0.29) is 0 Å². The number of aliphatic hydroxyl groups excluding tert-OH is 1. The molecule has 0 saturated heterocycles. The number of rotatable bonds is 1. The summed E-state index contributed by atoms with van der Waals surface area (Å²) in [5.74, 6) is 0. The van der Waals surface area contributed by atoms with E-state index in [4.69, 9.17) is 0 Å². The fraction of sp³-hybridized carbons (Fsp3) is 0.143. The standard InChI is InChI=1S/C14H14N2O/c1-15-12-9-5-6-10-13(12)16(14(15)17)11-7-3-2-4-8-11/h2-10,14,17H,1H3/t14-/m1/s1. The summed E-state index contributed by atoms with van der Waals surface area (Å²) in [4.78, 5) is 3.79. The molecule has 3 rings (SSSR count). The lowest BCUT2D eigenvalue weighted by molar-refractivity contribution is 0.189. The van der Waals surface area contributed by atoms with Crippen molar-refractivity contribution in [1.29, 1.82) is 0 Å². The Kier molecular flexibility index (Phi) is 2.27. The van der Waals surface area contributed by atoms with Crippen LogP contribution in [0.15, 0.2) is 54.6 Å². The highest BCUT2D eigenvalue weighted by atomic mass is 16.3. The molecule has 0 unspecified atom stereocenters. The van der Waals surface area contributed by atoms with Gasteiger partial charge in [0, 0.05) is 12.7 Å². The van der Waals surface area contributed by atoms with Gasteiger partial charge in [-0.25, -0.2) is 0 Å². The highest BCUT2D eigenvalue weighted by Crippen LogP contribution is 2.41. The molecule has 0 bridgehead atoms. The van der Waals surface area contributed by atoms with Crippen molar-refractivity contribution in [3.8, 4) is 0 Å². The van der Waals surface area contributed by atoms with Crippen LogP contribution in [0.4, 0.5) is 17.1 Å². The summed E-state index contributed by atoms with van der Waals surface area (Å²) < 4.78 is 0. The Morgan fingerprint density at radius 3 is 2.18 bits per heavy atom. The first-order chi connectivity index (χ1) is 8.29. The molecule has 17 heavy (non-hydrogen) atoms. The van der Waals surface area contributed by atoms with Gasteiger partial charge in [0.1, 0.15) is 0 Å². The van der Waals surface area contributed by atoms with Crippen LogP contribution in [0.25, 0.3) is 0 Å². The molecule has 1 N–H and O–H groups in total. The topological polar surface area (TPSA) is 26.7 Å². The molecule has 0 spiro atoms. The van der Waals surface area contributed by atoms with Crippen LogP contribution in [-0.2, 0) is 0 Å². The van der Waals surface area contributed by atoms with Crippen LogP contribution in [0.2, 0.25) is 0 Å². The Morgan fingerprint density at radius 2 is 1.47 bits per heavy atom. The maximum absolute atomic E-state index is 10.3. The van der Waals surface area contributed by atoms with E-state index >= 15 is 0 Å². The molecule has 0 amide bonds. The van der Waals surface area contributed by atoms with E-state index in [1.54, 1.807) is 0 Å². The van der Waals surface area contributed by atoms with E-state index < -0.39 is 6.35 Å². The monoisotopic (exact) mass is 226 g/mol. The average molecular weight is 226 g/mol. The van der Waals surface area contributed by atoms with Gasteiger partial charge in [-0.2, -0.15) is 0 Å². The lowest BCUT2D eigenvalue weighted by Gasteiger charge is -2.25. The third kappa shape index (κ3) is 1.47. The molecule has 0 aliphatic carbocycles. The van der Waals surface area contributed by atoms with Crippen molar-refractivity contribution in [2.75, 3.05) is 16.8 Å². The van der Waals surface area contributed by atoms with E-state index in [0.717, 1.165) is 17.1 Å². The van der Waals surface area contributed by atoms with Crippen molar-refractivity contribution in [2.45, 2.75) is 6.35 Å². The van der Waals surface area contributed by atoms with Gasteiger partial charge in [-0.05, 0) is 24.3 Å². The predicted octanol–water partition coefficient (Wildman–Crippen LogP) is 2.55. The fourth-order valence-corrected chi connectivity index (χ4v) is 2.25. The minimum absolute atomic E-state index is 0.644. The molecule has 0 aromatic heterocycles. The van der Waals surface area contributed by atoms with E-state index in [0.29, 0.717) is 0 Å². The third-order valence-electron chi connectivity index (χ3n) is 3.13. The lowest BCUT2D eigenvalue weighted by atomic mass is 10.2. The van der Waals surface area contributed by atoms with Crippen LogP contribution < -0.4 is 9.80 Å². The number of anilines is 3. The van der Waals surface area contributed by atoms with Crippen molar-refractivity contribution in [2.24, 2.45) is 0 Å². The van der Waals surface area contributed by atoms with Gasteiger partial charge in [0.25, 0.3) is 0 Å². The summed E-state index contributed by atoms with van der Waals surface area (Å²) in [5.41, 5.74) is 3.08. The van der Waals surface area contributed by atoms with Gasteiger partial charge >= 0.3 is 0 Å². The lowest BCUT2D eigenvalue weighted by Crippen LogP contribution is -2.38. The summed E-state index contributed by atoms with van der Waals surface area (Å²) in [7, 11) is 1.90. The summed E-state index contributed by atoms with van der Waals surface area (Å²) in [6.45, 7) is 0. The molecule has 0 radical (unpaired) electrons. The Morgan fingerprint density at radius 1 is 0.882 bits per heavy atom. The molecule has 1 heterocycles. The molecule has 86 valence electrons. The number of aliphatic hydroxyl groups is 1. The molecular weight excluding hydrogens is 212 g/mol. The summed E-state index contributed by atoms with van der Waals surface area (Å²) in [6.07, 6.45) is -0.644. The van der Waals surface area contributed by atoms with Gasteiger partial charge in [0.15, 0.2) is 0 Å². The van der Waals surface area contributed by atoms with Gasteiger partial charge < -0.3 is 10.0 Å². The van der Waals surface area contributed by atoms with Crippen molar-refractivity contribution >= 4 is 17.1 Å². The largest absolute Gasteiger partial charge is 0.356 e. The van der Waals surface area contributed by atoms with Crippen LogP contribution in [0.5, 0.6) is 0 Å². The highest BCUT2D eigenvalue weighted by Gasteiger charge is 2.32. The van der Waals surface area contributed by atoms with E-state index in [9.17, 15) is 5.11 Å². The Labute approximate surface area is 101 Å². The van der Waals surface area contributed by atoms with Crippen LogP contribution in [-0.4, -0.2) is 18.5 Å². The first-order valence-corrected chi connectivity index (χ1v) is 5.63. The zero-order chi connectivity index (χ0) is 11.8. The van der Waals surface area contributed by atoms with Gasteiger partial charge in [-0.15, -0.1) is 0 Å². The van der Waals surface area contributed by atoms with Crippen molar-refractivity contribution in [3.63, 3.8) is 0 Å². The molecular formula is C14H14N2O. The second-order valence-corrected chi connectivity index (χ2v) is 4.15. The van der Waals surface area contributed by atoms with Gasteiger partial charge in [0.05, 0.1) is 11.4 Å². The molecule has 3 heteroatoms. The minimum atomic E-state index is -0.644.